The van der Waals surface area contributed by atoms with Gasteiger partial charge in [0.05, 0.1) is 10.2 Å². The number of amides is 1. The minimum Gasteiger partial charge on any atom is -0.354 e. The van der Waals surface area contributed by atoms with Gasteiger partial charge in [-0.25, -0.2) is 4.98 Å². The highest BCUT2D eigenvalue weighted by Crippen LogP contribution is 2.32. The van der Waals surface area contributed by atoms with Crippen LogP contribution in [0.1, 0.15) is 25.7 Å². The molecule has 1 saturated heterocycles. The molecule has 26 heavy (non-hydrogen) atoms. The van der Waals surface area contributed by atoms with Gasteiger partial charge in [-0.2, -0.15) is 0 Å². The Hall–Kier alpha value is -1.08. The number of carbonyl (C=O) groups excluding carboxylic acids is 1. The first-order valence-electron chi connectivity index (χ1n) is 8.84. The molecule has 1 aliphatic heterocycles. The van der Waals surface area contributed by atoms with Crippen LogP contribution in [0.5, 0.6) is 0 Å². The molecule has 2 aliphatic rings. The number of thiazole rings is 1. The molecular weight excluding hydrogens is 391 g/mol. The monoisotopic (exact) mass is 416 g/mol. The second kappa shape index (κ2) is 9.22. The molecule has 2 aromatic rings. The Labute approximate surface area is 170 Å². The van der Waals surface area contributed by atoms with Crippen molar-refractivity contribution in [3.05, 3.63) is 24.3 Å². The zero-order valence-corrected chi connectivity index (χ0v) is 17.0. The second-order valence-electron chi connectivity index (χ2n) is 6.97. The van der Waals surface area contributed by atoms with Gasteiger partial charge in [0.1, 0.15) is 0 Å². The van der Waals surface area contributed by atoms with Crippen LogP contribution in [0.3, 0.4) is 0 Å². The summed E-state index contributed by atoms with van der Waals surface area (Å²) in [6.45, 7) is 2.42. The van der Waals surface area contributed by atoms with Crippen molar-refractivity contribution >= 4 is 57.4 Å². The SMILES string of the molecule is Cl.Cl.NC(CNC(=O)C1CCN(c2nc3ccccc3s2)CC1)C1CC1. The summed E-state index contributed by atoms with van der Waals surface area (Å²) in [5, 5.41) is 4.13. The first-order chi connectivity index (χ1) is 11.7. The summed E-state index contributed by atoms with van der Waals surface area (Å²) in [6.07, 6.45) is 4.22. The Kier molecular flexibility index (Phi) is 7.52. The fourth-order valence-electron chi connectivity index (χ4n) is 3.38. The number of piperidine rings is 1. The molecule has 2 fully saturated rings. The Morgan fingerprint density at radius 2 is 1.92 bits per heavy atom. The van der Waals surface area contributed by atoms with Gasteiger partial charge in [-0.3, -0.25) is 4.79 Å². The summed E-state index contributed by atoms with van der Waals surface area (Å²) >= 11 is 1.74. The molecule has 1 atom stereocenters. The van der Waals surface area contributed by atoms with Gasteiger partial charge in [0.15, 0.2) is 5.13 Å². The molecule has 1 amide bonds. The van der Waals surface area contributed by atoms with Crippen LogP contribution in [-0.4, -0.2) is 36.6 Å². The third-order valence-electron chi connectivity index (χ3n) is 5.16. The molecule has 144 valence electrons. The first-order valence-corrected chi connectivity index (χ1v) is 9.66. The lowest BCUT2D eigenvalue weighted by Crippen LogP contribution is -2.44. The molecule has 2 heterocycles. The van der Waals surface area contributed by atoms with E-state index in [-0.39, 0.29) is 42.7 Å². The molecule has 1 unspecified atom stereocenters. The number of halogens is 2. The summed E-state index contributed by atoms with van der Waals surface area (Å²) in [4.78, 5) is 19.4. The summed E-state index contributed by atoms with van der Waals surface area (Å²) in [5.41, 5.74) is 7.12. The standard InChI is InChI=1S/C18H24N4OS.2ClH/c19-14(12-5-6-12)11-20-17(23)13-7-9-22(10-8-13)18-21-15-3-1-2-4-16(15)24-18;;/h1-4,12-14H,5-11,19H2,(H,20,23);2*1H. The number of nitrogens with two attached hydrogens (primary N) is 1. The van der Waals surface area contributed by atoms with E-state index in [4.69, 9.17) is 10.7 Å². The lowest BCUT2D eigenvalue weighted by atomic mass is 9.96. The van der Waals surface area contributed by atoms with Crippen LogP contribution in [0, 0.1) is 11.8 Å². The summed E-state index contributed by atoms with van der Waals surface area (Å²) in [5.74, 6) is 0.920. The Balaban J connectivity index is 0.00000121. The summed E-state index contributed by atoms with van der Waals surface area (Å²) in [7, 11) is 0. The van der Waals surface area contributed by atoms with Gasteiger partial charge >= 0.3 is 0 Å². The number of nitrogens with one attached hydrogen (secondary N) is 1. The highest BCUT2D eigenvalue weighted by atomic mass is 35.5. The molecule has 4 rings (SSSR count). The van der Waals surface area contributed by atoms with Crippen LogP contribution in [0.2, 0.25) is 0 Å². The largest absolute Gasteiger partial charge is 0.354 e. The van der Waals surface area contributed by atoms with Crippen LogP contribution in [0.4, 0.5) is 5.13 Å². The van der Waals surface area contributed by atoms with Gasteiger partial charge in [-0.1, -0.05) is 23.5 Å². The van der Waals surface area contributed by atoms with Gasteiger partial charge < -0.3 is 16.0 Å². The molecule has 5 nitrogen and oxygen atoms in total. The normalized spacial score (nSPS) is 18.7. The molecule has 3 N–H and O–H groups in total. The number of nitrogens with zero attached hydrogens (tertiary/aromatic N) is 2. The van der Waals surface area contributed by atoms with Crippen LogP contribution in [0.25, 0.3) is 10.2 Å². The van der Waals surface area contributed by atoms with E-state index in [9.17, 15) is 4.79 Å². The Morgan fingerprint density at radius 3 is 2.58 bits per heavy atom. The van der Waals surface area contributed by atoms with Crippen molar-refractivity contribution < 1.29 is 4.79 Å². The number of hydrogen-bond donors (Lipinski definition) is 2. The maximum Gasteiger partial charge on any atom is 0.223 e. The molecule has 1 aromatic carbocycles. The van der Waals surface area contributed by atoms with Crippen molar-refractivity contribution in [3.63, 3.8) is 0 Å². The lowest BCUT2D eigenvalue weighted by Gasteiger charge is -2.31. The predicted octanol–water partition coefficient (Wildman–Crippen LogP) is 3.21. The highest BCUT2D eigenvalue weighted by molar-refractivity contribution is 7.22. The molecule has 1 saturated carbocycles. The Bertz CT molecular complexity index is 696. The average molecular weight is 417 g/mol. The van der Waals surface area contributed by atoms with Gasteiger partial charge in [-0.15, -0.1) is 24.8 Å². The van der Waals surface area contributed by atoms with Gasteiger partial charge in [0.25, 0.3) is 0 Å². The minimum atomic E-state index is 0. The van der Waals surface area contributed by atoms with Crippen molar-refractivity contribution in [2.45, 2.75) is 31.7 Å². The van der Waals surface area contributed by atoms with E-state index in [1.54, 1.807) is 11.3 Å². The zero-order valence-electron chi connectivity index (χ0n) is 14.6. The second-order valence-corrected chi connectivity index (χ2v) is 7.98. The van der Waals surface area contributed by atoms with Crippen LogP contribution in [-0.2, 0) is 4.79 Å². The van der Waals surface area contributed by atoms with E-state index in [0.29, 0.717) is 12.5 Å². The fourth-order valence-corrected chi connectivity index (χ4v) is 4.40. The number of anilines is 1. The van der Waals surface area contributed by atoms with Crippen LogP contribution < -0.4 is 16.0 Å². The van der Waals surface area contributed by atoms with Gasteiger partial charge in [0, 0.05) is 31.6 Å². The van der Waals surface area contributed by atoms with Gasteiger partial charge in [-0.05, 0) is 43.7 Å². The van der Waals surface area contributed by atoms with E-state index in [1.165, 1.54) is 17.5 Å². The van der Waals surface area contributed by atoms with Crippen molar-refractivity contribution in [3.8, 4) is 0 Å². The van der Waals surface area contributed by atoms with Crippen molar-refractivity contribution in [1.29, 1.82) is 0 Å². The average Bonchev–Trinajstić information content (AvgIpc) is 3.38. The van der Waals surface area contributed by atoms with E-state index in [2.05, 4.69) is 22.3 Å². The van der Waals surface area contributed by atoms with E-state index in [0.717, 1.165) is 36.6 Å². The third-order valence-corrected chi connectivity index (χ3v) is 6.26. The van der Waals surface area contributed by atoms with Crippen molar-refractivity contribution in [2.24, 2.45) is 17.6 Å². The van der Waals surface area contributed by atoms with E-state index >= 15 is 0 Å². The highest BCUT2D eigenvalue weighted by Gasteiger charge is 2.30. The van der Waals surface area contributed by atoms with Crippen molar-refractivity contribution in [1.82, 2.24) is 10.3 Å². The fraction of sp³-hybridized carbons (Fsp3) is 0.556. The number of benzene rings is 1. The topological polar surface area (TPSA) is 71.2 Å². The van der Waals surface area contributed by atoms with Gasteiger partial charge in [0.2, 0.25) is 5.91 Å². The number of rotatable bonds is 5. The quantitative estimate of drug-likeness (QED) is 0.784. The first kappa shape index (κ1) is 21.2. The zero-order chi connectivity index (χ0) is 16.5. The number of carbonyl (C=O) groups is 1. The summed E-state index contributed by atoms with van der Waals surface area (Å²) < 4.78 is 1.22. The number of para-hydroxylation sites is 1. The molecule has 8 heteroatoms. The number of hydrogen-bond acceptors (Lipinski definition) is 5. The smallest absolute Gasteiger partial charge is 0.223 e. The molecule has 0 spiro atoms. The Morgan fingerprint density at radius 1 is 1.23 bits per heavy atom. The van der Waals surface area contributed by atoms with Crippen LogP contribution in [0.15, 0.2) is 24.3 Å². The molecule has 1 aromatic heterocycles. The minimum absolute atomic E-state index is 0. The lowest BCUT2D eigenvalue weighted by molar-refractivity contribution is -0.125. The van der Waals surface area contributed by atoms with E-state index in [1.807, 2.05) is 12.1 Å². The molecule has 0 radical (unpaired) electrons. The molecule has 1 aliphatic carbocycles. The molecular formula is C18H26Cl2N4OS. The van der Waals surface area contributed by atoms with Crippen LogP contribution >= 0.6 is 36.2 Å². The summed E-state index contributed by atoms with van der Waals surface area (Å²) in [6, 6.07) is 8.37. The number of fused-ring (bicyclic) bond motifs is 1. The van der Waals surface area contributed by atoms with E-state index < -0.39 is 0 Å². The predicted molar refractivity (Wildman–Crippen MR) is 113 cm³/mol. The number of aromatic nitrogens is 1. The molecule has 0 bridgehead atoms. The maximum atomic E-state index is 12.3. The van der Waals surface area contributed by atoms with Crippen molar-refractivity contribution in [2.75, 3.05) is 24.5 Å². The maximum absolute atomic E-state index is 12.3. The third kappa shape index (κ3) is 4.80.